The monoisotopic (exact) mass is 646 g/mol. The van der Waals surface area contributed by atoms with E-state index in [4.69, 9.17) is 9.47 Å². The molecule has 9 nitrogen and oxygen atoms in total. The minimum atomic E-state index is -0.158. The molecule has 0 saturated carbocycles. The predicted molar refractivity (Wildman–Crippen MR) is 195 cm³/mol. The van der Waals surface area contributed by atoms with Gasteiger partial charge in [0.25, 0.3) is 5.91 Å². The van der Waals surface area contributed by atoms with E-state index in [1.54, 1.807) is 0 Å². The Kier molecular flexibility index (Phi) is 9.67. The number of hydrogen-bond donors (Lipinski definition) is 4. The lowest BCUT2D eigenvalue weighted by Gasteiger charge is -2.14. The fraction of sp³-hybridized carbons (Fsp3) is 0.359. The lowest BCUT2D eigenvalue weighted by Crippen LogP contribution is -2.25. The molecule has 4 N–H and O–H groups in total. The van der Waals surface area contributed by atoms with Crippen LogP contribution in [0.3, 0.4) is 0 Å². The number of aromatic nitrogens is 3. The van der Waals surface area contributed by atoms with Crippen molar-refractivity contribution in [3.05, 3.63) is 89.9 Å². The summed E-state index contributed by atoms with van der Waals surface area (Å²) in [6.07, 6.45) is 5.26. The summed E-state index contributed by atoms with van der Waals surface area (Å²) >= 11 is 0. The van der Waals surface area contributed by atoms with Gasteiger partial charge in [-0.05, 0) is 139 Å². The van der Waals surface area contributed by atoms with Gasteiger partial charge < -0.3 is 29.7 Å². The van der Waals surface area contributed by atoms with Crippen LogP contribution >= 0.6 is 0 Å². The van der Waals surface area contributed by atoms with Crippen molar-refractivity contribution in [2.45, 2.75) is 39.5 Å². The number of fused-ring (bicyclic) bond motifs is 3. The van der Waals surface area contributed by atoms with Gasteiger partial charge in [0.2, 0.25) is 0 Å². The van der Waals surface area contributed by atoms with Gasteiger partial charge in [-0.1, -0.05) is 0 Å². The van der Waals surface area contributed by atoms with Crippen LogP contribution in [0.25, 0.3) is 32.7 Å². The first-order valence-corrected chi connectivity index (χ1v) is 17.3. The molecule has 3 aromatic heterocycles. The fourth-order valence-electron chi connectivity index (χ4n) is 6.82. The van der Waals surface area contributed by atoms with Gasteiger partial charge in [0.1, 0.15) is 30.4 Å². The highest BCUT2D eigenvalue weighted by atomic mass is 16.5. The molecule has 0 radical (unpaired) electrons. The van der Waals surface area contributed by atoms with Crippen LogP contribution in [-0.4, -0.2) is 83.1 Å². The van der Waals surface area contributed by atoms with Gasteiger partial charge in [-0.15, -0.1) is 0 Å². The molecule has 5 heterocycles. The number of carbonyl (C=O) groups is 1. The third-order valence-corrected chi connectivity index (χ3v) is 9.33. The van der Waals surface area contributed by atoms with Crippen LogP contribution in [0.2, 0.25) is 0 Å². The molecule has 1 amide bonds. The van der Waals surface area contributed by atoms with Crippen molar-refractivity contribution >= 4 is 44.3 Å². The fourth-order valence-corrected chi connectivity index (χ4v) is 6.82. The lowest BCUT2D eigenvalue weighted by molar-refractivity contribution is 0.102. The number of rotatable bonds is 10. The molecule has 3 aromatic carbocycles. The highest BCUT2D eigenvalue weighted by Gasteiger charge is 2.14. The predicted octanol–water partition coefficient (Wildman–Crippen LogP) is 7.64. The smallest absolute Gasteiger partial charge is 0.272 e. The van der Waals surface area contributed by atoms with E-state index in [2.05, 4.69) is 61.3 Å². The number of aryl methyl sites for hydroxylation is 2. The Morgan fingerprint density at radius 2 is 1.10 bits per heavy atom. The van der Waals surface area contributed by atoms with Crippen LogP contribution < -0.4 is 14.8 Å². The SMILES string of the molecule is Cc1cc2cc(NC(=O)c3cc4cc(OCCN5CCCC5)ccc4[nH]3)ccc2[nH]1.Cc1cc2cc(OCCN3CCCC3)ccc2[nH]1. The van der Waals surface area contributed by atoms with Crippen LogP contribution in [0.1, 0.15) is 47.6 Å². The maximum absolute atomic E-state index is 12.7. The highest BCUT2D eigenvalue weighted by Crippen LogP contribution is 2.25. The topological polar surface area (TPSA) is 101 Å². The van der Waals surface area contributed by atoms with Crippen molar-refractivity contribution < 1.29 is 14.3 Å². The molecule has 2 aliphatic rings. The highest BCUT2D eigenvalue weighted by molar-refractivity contribution is 6.06. The zero-order valence-electron chi connectivity index (χ0n) is 28.0. The summed E-state index contributed by atoms with van der Waals surface area (Å²) in [6.45, 7) is 12.4. The number of aromatic amines is 3. The number of nitrogens with zero attached hydrogens (tertiary/aromatic N) is 2. The summed E-state index contributed by atoms with van der Waals surface area (Å²) in [5, 5.41) is 6.26. The Morgan fingerprint density at radius 3 is 1.67 bits per heavy atom. The molecule has 0 atom stereocenters. The molecule has 48 heavy (non-hydrogen) atoms. The van der Waals surface area contributed by atoms with E-state index >= 15 is 0 Å². The van der Waals surface area contributed by atoms with Crippen LogP contribution in [0.15, 0.2) is 72.8 Å². The summed E-state index contributed by atoms with van der Waals surface area (Å²) in [6, 6.07) is 24.1. The van der Waals surface area contributed by atoms with Crippen LogP contribution in [-0.2, 0) is 0 Å². The van der Waals surface area contributed by atoms with E-state index in [1.807, 2.05) is 55.5 Å². The molecule has 0 spiro atoms. The molecule has 8 rings (SSSR count). The number of H-pyrrole nitrogens is 3. The maximum atomic E-state index is 12.7. The lowest BCUT2D eigenvalue weighted by atomic mass is 10.2. The number of hydrogen-bond acceptors (Lipinski definition) is 5. The first-order valence-electron chi connectivity index (χ1n) is 17.3. The van der Waals surface area contributed by atoms with Crippen molar-refractivity contribution in [1.82, 2.24) is 24.8 Å². The van der Waals surface area contributed by atoms with Crippen molar-refractivity contribution in [2.24, 2.45) is 0 Å². The van der Waals surface area contributed by atoms with Crippen LogP contribution in [0, 0.1) is 13.8 Å². The van der Waals surface area contributed by atoms with Gasteiger partial charge in [-0.3, -0.25) is 14.6 Å². The van der Waals surface area contributed by atoms with Crippen LogP contribution in [0.5, 0.6) is 11.5 Å². The van der Waals surface area contributed by atoms with E-state index in [0.29, 0.717) is 12.3 Å². The zero-order valence-corrected chi connectivity index (χ0v) is 28.0. The number of ether oxygens (including phenoxy) is 2. The summed E-state index contributed by atoms with van der Waals surface area (Å²) < 4.78 is 11.8. The second-order valence-corrected chi connectivity index (χ2v) is 13.1. The standard InChI is InChI=1S/C24H26N4O2.C15H20N2O/c1-16-12-17-13-19(4-6-21(17)25-16)26-24(29)23-15-18-14-20(5-7-22(18)27-23)30-11-10-28-8-2-3-9-28;1-12-10-13-11-14(4-5-15(13)16-12)18-9-8-17-6-2-3-7-17/h4-7,12-15,25,27H,2-3,8-11H2,1H3,(H,26,29);4-5,10-11,16H,2-3,6-9H2,1H3. The number of anilines is 1. The minimum Gasteiger partial charge on any atom is -0.492 e. The van der Waals surface area contributed by atoms with Crippen molar-refractivity contribution in [1.29, 1.82) is 0 Å². The average molecular weight is 647 g/mol. The van der Waals surface area contributed by atoms with Gasteiger partial charge in [0.15, 0.2) is 0 Å². The minimum absolute atomic E-state index is 0.158. The van der Waals surface area contributed by atoms with Crippen molar-refractivity contribution in [3.8, 4) is 11.5 Å². The summed E-state index contributed by atoms with van der Waals surface area (Å²) in [5.41, 5.74) is 6.76. The van der Waals surface area contributed by atoms with Crippen molar-refractivity contribution in [3.63, 3.8) is 0 Å². The molecule has 2 saturated heterocycles. The Labute approximate surface area is 281 Å². The normalized spacial score (nSPS) is 15.3. The Bertz CT molecular complexity index is 1990. The molecule has 0 bridgehead atoms. The quantitative estimate of drug-likeness (QED) is 0.123. The number of likely N-dealkylation sites (tertiary alicyclic amines) is 2. The Morgan fingerprint density at radius 1 is 0.625 bits per heavy atom. The third-order valence-electron chi connectivity index (χ3n) is 9.33. The van der Waals surface area contributed by atoms with E-state index in [-0.39, 0.29) is 5.91 Å². The number of benzene rings is 3. The second kappa shape index (κ2) is 14.6. The molecule has 250 valence electrons. The first-order chi connectivity index (χ1) is 23.4. The van der Waals surface area contributed by atoms with Gasteiger partial charge in [-0.2, -0.15) is 0 Å². The zero-order chi connectivity index (χ0) is 32.9. The molecule has 2 fully saturated rings. The van der Waals surface area contributed by atoms with Gasteiger partial charge in [0, 0.05) is 62.9 Å². The molecule has 6 aromatic rings. The second-order valence-electron chi connectivity index (χ2n) is 13.1. The molecule has 0 unspecified atom stereocenters. The molecular formula is C39H46N6O3. The molecule has 2 aliphatic heterocycles. The number of nitrogens with one attached hydrogen (secondary N) is 4. The summed E-state index contributed by atoms with van der Waals surface area (Å²) in [5.74, 6) is 1.65. The molecular weight excluding hydrogens is 600 g/mol. The molecule has 9 heteroatoms. The van der Waals surface area contributed by atoms with Crippen LogP contribution in [0.4, 0.5) is 5.69 Å². The maximum Gasteiger partial charge on any atom is 0.272 e. The van der Waals surface area contributed by atoms with Gasteiger partial charge in [0.05, 0.1) is 0 Å². The van der Waals surface area contributed by atoms with E-state index in [0.717, 1.165) is 64.4 Å². The third kappa shape index (κ3) is 7.86. The number of amides is 1. The van der Waals surface area contributed by atoms with E-state index in [9.17, 15) is 4.79 Å². The average Bonchev–Trinajstić information content (AvgIpc) is 3.91. The van der Waals surface area contributed by atoms with E-state index in [1.165, 1.54) is 68.5 Å². The summed E-state index contributed by atoms with van der Waals surface area (Å²) in [7, 11) is 0. The molecule has 0 aliphatic carbocycles. The van der Waals surface area contributed by atoms with Crippen molar-refractivity contribution in [2.75, 3.05) is 57.8 Å². The van der Waals surface area contributed by atoms with Gasteiger partial charge in [-0.25, -0.2) is 0 Å². The van der Waals surface area contributed by atoms with Gasteiger partial charge >= 0.3 is 0 Å². The Balaban J connectivity index is 0.000000172. The first kappa shape index (κ1) is 31.8. The largest absolute Gasteiger partial charge is 0.492 e. The Hall–Kier alpha value is -4.73. The summed E-state index contributed by atoms with van der Waals surface area (Å²) in [4.78, 5) is 27.5. The van der Waals surface area contributed by atoms with E-state index < -0.39 is 0 Å². The number of carbonyl (C=O) groups excluding carboxylic acids is 1.